The summed E-state index contributed by atoms with van der Waals surface area (Å²) in [6.07, 6.45) is 2.22. The van der Waals surface area contributed by atoms with Crippen LogP contribution in [0.4, 0.5) is 0 Å². The van der Waals surface area contributed by atoms with Crippen molar-refractivity contribution in [1.29, 1.82) is 0 Å². The van der Waals surface area contributed by atoms with Gasteiger partial charge in [0.1, 0.15) is 6.10 Å². The lowest BCUT2D eigenvalue weighted by Gasteiger charge is -2.36. The average Bonchev–Trinajstić information content (AvgIpc) is 2.14. The first-order chi connectivity index (χ1) is 7.16. The van der Waals surface area contributed by atoms with Gasteiger partial charge in [-0.05, 0) is 13.3 Å². The predicted molar refractivity (Wildman–Crippen MR) is 66.9 cm³/mol. The number of likely N-dealkylation sites (N-methyl/N-ethyl adjacent to an activating group) is 1. The number of rotatable bonds is 6. The SMILES string of the molecule is C=CCCOC(C)C(=O)N(C)C1CNC1.Cl. The fourth-order valence-electron chi connectivity index (χ4n) is 1.41. The molecule has 0 aliphatic carbocycles. The van der Waals surface area contributed by atoms with E-state index in [1.54, 1.807) is 17.9 Å². The zero-order valence-corrected chi connectivity index (χ0v) is 10.8. The number of halogens is 1. The van der Waals surface area contributed by atoms with E-state index >= 15 is 0 Å². The molecule has 0 aromatic rings. The topological polar surface area (TPSA) is 41.6 Å². The van der Waals surface area contributed by atoms with Crippen molar-refractivity contribution < 1.29 is 9.53 Å². The summed E-state index contributed by atoms with van der Waals surface area (Å²) < 4.78 is 5.40. The zero-order chi connectivity index (χ0) is 11.3. The minimum absolute atomic E-state index is 0. The van der Waals surface area contributed by atoms with Crippen LogP contribution in [0.3, 0.4) is 0 Å². The van der Waals surface area contributed by atoms with E-state index < -0.39 is 0 Å². The molecule has 0 spiro atoms. The van der Waals surface area contributed by atoms with E-state index in [2.05, 4.69) is 11.9 Å². The molecular weight excluding hydrogens is 228 g/mol. The van der Waals surface area contributed by atoms with Gasteiger partial charge in [0.15, 0.2) is 0 Å². The Bertz CT molecular complexity index is 232. The highest BCUT2D eigenvalue weighted by Crippen LogP contribution is 2.06. The van der Waals surface area contributed by atoms with Crippen LogP contribution < -0.4 is 5.32 Å². The van der Waals surface area contributed by atoms with Crippen LogP contribution in [-0.4, -0.2) is 49.7 Å². The van der Waals surface area contributed by atoms with Crippen LogP contribution in [0.2, 0.25) is 0 Å². The molecule has 1 N–H and O–H groups in total. The molecule has 94 valence electrons. The van der Waals surface area contributed by atoms with Crippen LogP contribution in [0.5, 0.6) is 0 Å². The van der Waals surface area contributed by atoms with Crippen LogP contribution in [0.15, 0.2) is 12.7 Å². The smallest absolute Gasteiger partial charge is 0.251 e. The fraction of sp³-hybridized carbons (Fsp3) is 0.727. The van der Waals surface area contributed by atoms with Gasteiger partial charge in [0.05, 0.1) is 12.6 Å². The molecule has 1 aliphatic heterocycles. The van der Waals surface area contributed by atoms with Gasteiger partial charge in [0.25, 0.3) is 5.91 Å². The van der Waals surface area contributed by atoms with Crippen LogP contribution in [0.25, 0.3) is 0 Å². The Morgan fingerprint density at radius 2 is 2.31 bits per heavy atom. The number of carbonyl (C=O) groups is 1. The summed E-state index contributed by atoms with van der Waals surface area (Å²) in [6.45, 7) is 7.75. The third-order valence-electron chi connectivity index (χ3n) is 2.69. The summed E-state index contributed by atoms with van der Waals surface area (Å²) in [5.41, 5.74) is 0. The highest BCUT2D eigenvalue weighted by Gasteiger charge is 2.28. The summed E-state index contributed by atoms with van der Waals surface area (Å²) in [6, 6.07) is 0.336. The van der Waals surface area contributed by atoms with Gasteiger partial charge in [-0.25, -0.2) is 0 Å². The van der Waals surface area contributed by atoms with E-state index in [-0.39, 0.29) is 24.4 Å². The monoisotopic (exact) mass is 248 g/mol. The van der Waals surface area contributed by atoms with E-state index in [1.165, 1.54) is 0 Å². The summed E-state index contributed by atoms with van der Waals surface area (Å²) in [5.74, 6) is 0.0607. The zero-order valence-electron chi connectivity index (χ0n) is 9.94. The largest absolute Gasteiger partial charge is 0.368 e. The second-order valence-electron chi connectivity index (χ2n) is 3.85. The molecule has 0 aromatic heterocycles. The Labute approximate surface area is 103 Å². The highest BCUT2D eigenvalue weighted by atomic mass is 35.5. The van der Waals surface area contributed by atoms with Crippen LogP contribution in [-0.2, 0) is 9.53 Å². The van der Waals surface area contributed by atoms with E-state index in [1.807, 2.05) is 7.05 Å². The van der Waals surface area contributed by atoms with Gasteiger partial charge >= 0.3 is 0 Å². The Morgan fingerprint density at radius 1 is 1.69 bits per heavy atom. The summed E-state index contributed by atoms with van der Waals surface area (Å²) in [7, 11) is 1.83. The molecule has 1 unspecified atom stereocenters. The maximum Gasteiger partial charge on any atom is 0.251 e. The van der Waals surface area contributed by atoms with Crippen molar-refractivity contribution in [3.05, 3.63) is 12.7 Å². The number of ether oxygens (including phenoxy) is 1. The number of nitrogens with zero attached hydrogens (tertiary/aromatic N) is 1. The minimum atomic E-state index is -0.351. The molecule has 1 aliphatic rings. The molecule has 0 saturated carbocycles. The van der Waals surface area contributed by atoms with Crippen molar-refractivity contribution in [2.24, 2.45) is 0 Å². The van der Waals surface area contributed by atoms with Crippen molar-refractivity contribution in [3.63, 3.8) is 0 Å². The lowest BCUT2D eigenvalue weighted by Crippen LogP contribution is -2.59. The van der Waals surface area contributed by atoms with Gasteiger partial charge < -0.3 is 15.0 Å². The van der Waals surface area contributed by atoms with Gasteiger partial charge in [0.2, 0.25) is 0 Å². The Kier molecular flexibility index (Phi) is 7.38. The van der Waals surface area contributed by atoms with Crippen molar-refractivity contribution in [3.8, 4) is 0 Å². The molecule has 0 aromatic carbocycles. The lowest BCUT2D eigenvalue weighted by atomic mass is 10.1. The number of carbonyl (C=O) groups excluding carboxylic acids is 1. The maximum atomic E-state index is 11.8. The Morgan fingerprint density at radius 3 is 2.75 bits per heavy atom. The molecule has 16 heavy (non-hydrogen) atoms. The number of nitrogens with one attached hydrogen (secondary N) is 1. The molecule has 1 heterocycles. The maximum absolute atomic E-state index is 11.8. The van der Waals surface area contributed by atoms with Crippen LogP contribution in [0.1, 0.15) is 13.3 Å². The van der Waals surface area contributed by atoms with Crippen molar-refractivity contribution in [1.82, 2.24) is 10.2 Å². The van der Waals surface area contributed by atoms with Gasteiger partial charge in [-0.2, -0.15) is 0 Å². The van der Waals surface area contributed by atoms with Gasteiger partial charge in [0, 0.05) is 20.1 Å². The minimum Gasteiger partial charge on any atom is -0.368 e. The van der Waals surface area contributed by atoms with Crippen LogP contribution in [0, 0.1) is 0 Å². The number of hydrogen-bond donors (Lipinski definition) is 1. The van der Waals surface area contributed by atoms with E-state index in [4.69, 9.17) is 4.74 Å². The molecule has 0 bridgehead atoms. The average molecular weight is 249 g/mol. The fourth-order valence-corrected chi connectivity index (χ4v) is 1.41. The molecule has 1 rings (SSSR count). The summed E-state index contributed by atoms with van der Waals surface area (Å²) in [5, 5.41) is 3.14. The predicted octanol–water partition coefficient (Wildman–Crippen LogP) is 0.820. The third kappa shape index (κ3) is 4.12. The van der Waals surface area contributed by atoms with Gasteiger partial charge in [-0.1, -0.05) is 6.08 Å². The summed E-state index contributed by atoms with van der Waals surface area (Å²) in [4.78, 5) is 13.6. The van der Waals surface area contributed by atoms with Gasteiger partial charge in [-0.15, -0.1) is 19.0 Å². The van der Waals surface area contributed by atoms with E-state index in [0.29, 0.717) is 12.6 Å². The molecule has 1 atom stereocenters. The van der Waals surface area contributed by atoms with E-state index in [0.717, 1.165) is 19.5 Å². The van der Waals surface area contributed by atoms with Crippen LogP contribution >= 0.6 is 12.4 Å². The second kappa shape index (κ2) is 7.65. The standard InChI is InChI=1S/C11H20N2O2.ClH/c1-4-5-6-15-9(2)11(14)13(3)10-7-12-8-10;/h4,9-10,12H,1,5-8H2,2-3H3;1H. The molecule has 1 saturated heterocycles. The Balaban J connectivity index is 0.00000225. The molecular formula is C11H21ClN2O2. The lowest BCUT2D eigenvalue weighted by molar-refractivity contribution is -0.144. The second-order valence-corrected chi connectivity index (χ2v) is 3.85. The molecule has 0 radical (unpaired) electrons. The van der Waals surface area contributed by atoms with E-state index in [9.17, 15) is 4.79 Å². The molecule has 1 amide bonds. The van der Waals surface area contributed by atoms with Crippen molar-refractivity contribution >= 4 is 18.3 Å². The first-order valence-electron chi connectivity index (χ1n) is 5.36. The number of hydrogen-bond acceptors (Lipinski definition) is 3. The first kappa shape index (κ1) is 15.4. The molecule has 4 nitrogen and oxygen atoms in total. The highest BCUT2D eigenvalue weighted by molar-refractivity contribution is 5.85. The summed E-state index contributed by atoms with van der Waals surface area (Å²) >= 11 is 0. The Hall–Kier alpha value is -0.580. The van der Waals surface area contributed by atoms with Crippen molar-refractivity contribution in [2.45, 2.75) is 25.5 Å². The van der Waals surface area contributed by atoms with Gasteiger partial charge in [-0.3, -0.25) is 4.79 Å². The molecule has 1 fully saturated rings. The van der Waals surface area contributed by atoms with Crippen molar-refractivity contribution in [2.75, 3.05) is 26.7 Å². The first-order valence-corrected chi connectivity index (χ1v) is 5.36. The number of amides is 1. The quantitative estimate of drug-likeness (QED) is 0.559. The normalized spacial score (nSPS) is 16.9. The molecule has 5 heteroatoms. The third-order valence-corrected chi connectivity index (χ3v) is 2.69.